The molecule has 0 spiro atoms. The number of hydrogen-bond donors (Lipinski definition) is 0. The lowest BCUT2D eigenvalue weighted by molar-refractivity contribution is -0.109. The van der Waals surface area contributed by atoms with Crippen molar-refractivity contribution in [3.63, 3.8) is 0 Å². The first kappa shape index (κ1) is 12.5. The lowest BCUT2D eigenvalue weighted by Gasteiger charge is -2.01. The van der Waals surface area contributed by atoms with E-state index in [9.17, 15) is 9.59 Å². The molecule has 2 unspecified atom stereocenters. The second kappa shape index (κ2) is 5.59. The number of nitrogens with zero attached hydrogens (tertiary/aromatic N) is 1. The van der Waals surface area contributed by atoms with Crippen LogP contribution in [0.4, 0.5) is 0 Å². The van der Waals surface area contributed by atoms with Crippen LogP contribution in [-0.4, -0.2) is 12.1 Å². The summed E-state index contributed by atoms with van der Waals surface area (Å²) in [5, 5.41) is 8.66. The van der Waals surface area contributed by atoms with Gasteiger partial charge in [-0.05, 0) is 37.3 Å². The molecule has 0 N–H and O–H groups in total. The zero-order chi connectivity index (χ0) is 13.0. The molecule has 92 valence electrons. The average molecular weight is 241 g/mol. The molecule has 3 nitrogen and oxygen atoms in total. The second-order valence-corrected chi connectivity index (χ2v) is 4.80. The molecule has 0 aromatic heterocycles. The lowest BCUT2D eigenvalue weighted by atomic mass is 10.0. The quantitative estimate of drug-likeness (QED) is 0.568. The summed E-state index contributed by atoms with van der Waals surface area (Å²) >= 11 is 0. The van der Waals surface area contributed by atoms with E-state index in [1.54, 1.807) is 24.3 Å². The van der Waals surface area contributed by atoms with Gasteiger partial charge in [0.15, 0.2) is 5.78 Å². The predicted molar refractivity (Wildman–Crippen MR) is 67.0 cm³/mol. The van der Waals surface area contributed by atoms with Crippen molar-refractivity contribution < 1.29 is 9.59 Å². The molecule has 1 aliphatic carbocycles. The third-order valence-corrected chi connectivity index (χ3v) is 3.47. The van der Waals surface area contributed by atoms with E-state index in [1.807, 2.05) is 6.07 Å². The molecule has 3 heteroatoms. The Hall–Kier alpha value is -1.95. The van der Waals surface area contributed by atoms with Crippen LogP contribution in [0.3, 0.4) is 0 Å². The fourth-order valence-corrected chi connectivity index (χ4v) is 2.17. The molecule has 0 bridgehead atoms. The van der Waals surface area contributed by atoms with E-state index >= 15 is 0 Å². The number of aldehydes is 1. The molecular weight excluding hydrogens is 226 g/mol. The SMILES string of the molecule is N#Cc1ccc(C(=O)CCCC2CC2C=O)cc1. The van der Waals surface area contributed by atoms with Crippen LogP contribution in [0.1, 0.15) is 41.6 Å². The van der Waals surface area contributed by atoms with Gasteiger partial charge in [0.05, 0.1) is 11.6 Å². The molecule has 0 heterocycles. The summed E-state index contributed by atoms with van der Waals surface area (Å²) in [6.45, 7) is 0. The monoisotopic (exact) mass is 241 g/mol. The third-order valence-electron chi connectivity index (χ3n) is 3.47. The molecule has 18 heavy (non-hydrogen) atoms. The van der Waals surface area contributed by atoms with Gasteiger partial charge in [-0.1, -0.05) is 12.1 Å². The van der Waals surface area contributed by atoms with Crippen LogP contribution >= 0.6 is 0 Å². The lowest BCUT2D eigenvalue weighted by Crippen LogP contribution is -1.99. The van der Waals surface area contributed by atoms with Crippen LogP contribution in [0.2, 0.25) is 0 Å². The topological polar surface area (TPSA) is 57.9 Å². The summed E-state index contributed by atoms with van der Waals surface area (Å²) in [6.07, 6.45) is 4.34. The molecule has 2 atom stereocenters. The van der Waals surface area contributed by atoms with Gasteiger partial charge in [0.25, 0.3) is 0 Å². The fourth-order valence-electron chi connectivity index (χ4n) is 2.17. The first-order valence-electron chi connectivity index (χ1n) is 6.23. The van der Waals surface area contributed by atoms with E-state index in [0.717, 1.165) is 25.5 Å². The van der Waals surface area contributed by atoms with Crippen molar-refractivity contribution >= 4 is 12.1 Å². The van der Waals surface area contributed by atoms with E-state index in [-0.39, 0.29) is 11.7 Å². The summed E-state index contributed by atoms with van der Waals surface area (Å²) in [6, 6.07) is 8.75. The van der Waals surface area contributed by atoms with E-state index in [4.69, 9.17) is 5.26 Å². The van der Waals surface area contributed by atoms with Crippen molar-refractivity contribution in [3.05, 3.63) is 35.4 Å². The van der Waals surface area contributed by atoms with Crippen LogP contribution in [0.15, 0.2) is 24.3 Å². The van der Waals surface area contributed by atoms with Gasteiger partial charge in [0.2, 0.25) is 0 Å². The van der Waals surface area contributed by atoms with E-state index in [0.29, 0.717) is 23.5 Å². The van der Waals surface area contributed by atoms with E-state index < -0.39 is 0 Å². The highest BCUT2D eigenvalue weighted by Gasteiger charge is 2.35. The van der Waals surface area contributed by atoms with Crippen molar-refractivity contribution in [2.45, 2.75) is 25.7 Å². The summed E-state index contributed by atoms with van der Waals surface area (Å²) < 4.78 is 0. The third kappa shape index (κ3) is 3.04. The Labute approximate surface area is 106 Å². The highest BCUT2D eigenvalue weighted by Crippen LogP contribution is 2.40. The Bertz CT molecular complexity index is 484. The minimum Gasteiger partial charge on any atom is -0.303 e. The van der Waals surface area contributed by atoms with Crippen molar-refractivity contribution in [1.82, 2.24) is 0 Å². The van der Waals surface area contributed by atoms with Crippen molar-refractivity contribution in [1.29, 1.82) is 5.26 Å². The maximum Gasteiger partial charge on any atom is 0.162 e. The molecule has 1 aromatic carbocycles. The van der Waals surface area contributed by atoms with Gasteiger partial charge < -0.3 is 4.79 Å². The fraction of sp³-hybridized carbons (Fsp3) is 0.400. The zero-order valence-corrected chi connectivity index (χ0v) is 10.1. The predicted octanol–water partition coefficient (Wildman–Crippen LogP) is 2.75. The Morgan fingerprint density at radius 2 is 2.11 bits per heavy atom. The molecule has 0 aliphatic heterocycles. The Morgan fingerprint density at radius 1 is 1.39 bits per heavy atom. The van der Waals surface area contributed by atoms with Gasteiger partial charge in [-0.3, -0.25) is 4.79 Å². The summed E-state index contributed by atoms with van der Waals surface area (Å²) in [4.78, 5) is 22.3. The molecule has 1 aliphatic rings. The number of rotatable bonds is 6. The minimum atomic E-state index is 0.114. The standard InChI is InChI=1S/C15H15NO2/c16-9-11-4-6-12(7-5-11)15(18)3-1-2-13-8-14(13)10-17/h4-7,10,13-14H,1-3,8H2. The normalized spacial score (nSPS) is 21.1. The van der Waals surface area contributed by atoms with Crippen LogP contribution in [0, 0.1) is 23.2 Å². The largest absolute Gasteiger partial charge is 0.303 e. The summed E-state index contributed by atoms with van der Waals surface area (Å²) in [5.74, 6) is 0.870. The summed E-state index contributed by atoms with van der Waals surface area (Å²) in [7, 11) is 0. The number of carbonyl (C=O) groups is 2. The first-order chi connectivity index (χ1) is 8.74. The molecule has 0 saturated heterocycles. The van der Waals surface area contributed by atoms with Crippen LogP contribution in [-0.2, 0) is 4.79 Å². The van der Waals surface area contributed by atoms with Gasteiger partial charge >= 0.3 is 0 Å². The maximum atomic E-state index is 11.8. The highest BCUT2D eigenvalue weighted by atomic mass is 16.1. The van der Waals surface area contributed by atoms with Gasteiger partial charge in [0, 0.05) is 17.9 Å². The number of carbonyl (C=O) groups excluding carboxylic acids is 2. The van der Waals surface area contributed by atoms with E-state index in [2.05, 4.69) is 0 Å². The number of ketones is 1. The molecule has 1 aromatic rings. The van der Waals surface area contributed by atoms with Crippen LogP contribution < -0.4 is 0 Å². The number of benzene rings is 1. The molecule has 2 rings (SSSR count). The minimum absolute atomic E-state index is 0.114. The van der Waals surface area contributed by atoms with Crippen LogP contribution in [0.5, 0.6) is 0 Å². The van der Waals surface area contributed by atoms with Crippen molar-refractivity contribution in [3.8, 4) is 6.07 Å². The molecule has 0 radical (unpaired) electrons. The Morgan fingerprint density at radius 3 is 2.67 bits per heavy atom. The molecular formula is C15H15NO2. The number of hydrogen-bond acceptors (Lipinski definition) is 3. The summed E-state index contributed by atoms with van der Waals surface area (Å²) in [5.41, 5.74) is 1.23. The Balaban J connectivity index is 1.77. The highest BCUT2D eigenvalue weighted by molar-refractivity contribution is 5.96. The second-order valence-electron chi connectivity index (χ2n) is 4.80. The molecule has 1 saturated carbocycles. The van der Waals surface area contributed by atoms with Crippen LogP contribution in [0.25, 0.3) is 0 Å². The van der Waals surface area contributed by atoms with E-state index in [1.165, 1.54) is 0 Å². The smallest absolute Gasteiger partial charge is 0.162 e. The van der Waals surface area contributed by atoms with Gasteiger partial charge in [-0.15, -0.1) is 0 Å². The van der Waals surface area contributed by atoms with Gasteiger partial charge in [-0.25, -0.2) is 0 Å². The van der Waals surface area contributed by atoms with Crippen molar-refractivity contribution in [2.24, 2.45) is 11.8 Å². The first-order valence-corrected chi connectivity index (χ1v) is 6.23. The number of Topliss-reactive ketones (excluding diaryl/α,β-unsaturated/α-hetero) is 1. The molecule has 1 fully saturated rings. The van der Waals surface area contributed by atoms with Crippen molar-refractivity contribution in [2.75, 3.05) is 0 Å². The zero-order valence-electron chi connectivity index (χ0n) is 10.1. The maximum absolute atomic E-state index is 11.8. The van der Waals surface area contributed by atoms with Gasteiger partial charge in [-0.2, -0.15) is 5.26 Å². The average Bonchev–Trinajstić information content (AvgIpc) is 3.17. The molecule has 0 amide bonds. The van der Waals surface area contributed by atoms with Gasteiger partial charge in [0.1, 0.15) is 6.29 Å². The number of nitriles is 1. The Kier molecular flexibility index (Phi) is 3.88.